The SMILES string of the molecule is CCOc1cc([N+](=O)[O-])cc(/C=C2/SC(=O)N([C@@H](C)C(=O)OC)C2=O)c1O. The Labute approximate surface area is 157 Å². The molecule has 27 heavy (non-hydrogen) atoms. The van der Waals surface area contributed by atoms with Gasteiger partial charge in [0.15, 0.2) is 11.5 Å². The van der Waals surface area contributed by atoms with Crippen molar-refractivity contribution >= 4 is 40.6 Å². The van der Waals surface area contributed by atoms with E-state index in [1.165, 1.54) is 6.92 Å². The predicted molar refractivity (Wildman–Crippen MR) is 95.2 cm³/mol. The molecule has 2 amide bonds. The van der Waals surface area contributed by atoms with E-state index < -0.39 is 33.8 Å². The lowest BCUT2D eigenvalue weighted by molar-refractivity contribution is -0.385. The molecule has 0 bridgehead atoms. The first-order valence-electron chi connectivity index (χ1n) is 7.70. The number of methoxy groups -OCH3 is 1. The Morgan fingerprint density at radius 3 is 2.67 bits per heavy atom. The van der Waals surface area contributed by atoms with Crippen molar-refractivity contribution in [2.75, 3.05) is 13.7 Å². The fourth-order valence-electron chi connectivity index (χ4n) is 2.33. The lowest BCUT2D eigenvalue weighted by Crippen LogP contribution is -2.42. The Hall–Kier alpha value is -3.08. The van der Waals surface area contributed by atoms with E-state index >= 15 is 0 Å². The molecule has 1 atom stereocenters. The monoisotopic (exact) mass is 396 g/mol. The number of carbonyl (C=O) groups is 3. The van der Waals surface area contributed by atoms with Gasteiger partial charge in [0.1, 0.15) is 6.04 Å². The molecule has 0 aliphatic carbocycles. The van der Waals surface area contributed by atoms with Crippen LogP contribution in [0.2, 0.25) is 0 Å². The topological polar surface area (TPSA) is 136 Å². The molecule has 1 N–H and O–H groups in total. The molecule has 0 radical (unpaired) electrons. The molecule has 0 unspecified atom stereocenters. The van der Waals surface area contributed by atoms with E-state index in [0.29, 0.717) is 11.8 Å². The lowest BCUT2D eigenvalue weighted by Gasteiger charge is -2.18. The van der Waals surface area contributed by atoms with Gasteiger partial charge in [-0.25, -0.2) is 4.79 Å². The van der Waals surface area contributed by atoms with E-state index in [1.807, 2.05) is 0 Å². The second-order valence-electron chi connectivity index (χ2n) is 5.32. The van der Waals surface area contributed by atoms with Gasteiger partial charge >= 0.3 is 5.97 Å². The number of nitro benzene ring substituents is 1. The summed E-state index contributed by atoms with van der Waals surface area (Å²) in [5.74, 6) is -2.07. The first-order valence-corrected chi connectivity index (χ1v) is 8.52. The highest BCUT2D eigenvalue weighted by molar-refractivity contribution is 8.18. The molecular weight excluding hydrogens is 380 g/mol. The van der Waals surface area contributed by atoms with Crippen LogP contribution in [0.5, 0.6) is 11.5 Å². The van der Waals surface area contributed by atoms with Crippen LogP contribution in [-0.2, 0) is 14.3 Å². The summed E-state index contributed by atoms with van der Waals surface area (Å²) in [6.07, 6.45) is 1.14. The molecule has 11 heteroatoms. The molecule has 1 aliphatic rings. The minimum atomic E-state index is -1.13. The zero-order valence-electron chi connectivity index (χ0n) is 14.6. The number of ether oxygens (including phenoxy) is 2. The molecule has 1 aromatic rings. The lowest BCUT2D eigenvalue weighted by atomic mass is 10.1. The Kier molecular flexibility index (Phi) is 6.05. The number of nitro groups is 1. The van der Waals surface area contributed by atoms with E-state index in [0.717, 1.165) is 30.2 Å². The van der Waals surface area contributed by atoms with Gasteiger partial charge in [-0.2, -0.15) is 0 Å². The van der Waals surface area contributed by atoms with Gasteiger partial charge in [-0.1, -0.05) is 0 Å². The number of phenols is 1. The van der Waals surface area contributed by atoms with Crippen molar-refractivity contribution in [3.05, 3.63) is 32.7 Å². The molecule has 1 fully saturated rings. The maximum absolute atomic E-state index is 12.5. The van der Waals surface area contributed by atoms with Crippen LogP contribution < -0.4 is 4.74 Å². The maximum atomic E-state index is 12.5. The number of rotatable bonds is 6. The van der Waals surface area contributed by atoms with Crippen LogP contribution in [0.4, 0.5) is 10.5 Å². The van der Waals surface area contributed by atoms with Crippen LogP contribution in [0.15, 0.2) is 17.0 Å². The summed E-state index contributed by atoms with van der Waals surface area (Å²) in [5, 5.41) is 20.6. The number of carbonyl (C=O) groups excluding carboxylic acids is 3. The smallest absolute Gasteiger partial charge is 0.328 e. The van der Waals surface area contributed by atoms with Crippen LogP contribution in [0.25, 0.3) is 6.08 Å². The van der Waals surface area contributed by atoms with Crippen molar-refractivity contribution in [2.45, 2.75) is 19.9 Å². The number of hydrogen-bond donors (Lipinski definition) is 1. The highest BCUT2D eigenvalue weighted by atomic mass is 32.2. The highest BCUT2D eigenvalue weighted by Gasteiger charge is 2.41. The average Bonchev–Trinajstić information content (AvgIpc) is 2.90. The van der Waals surface area contributed by atoms with Gasteiger partial charge in [0.05, 0.1) is 29.6 Å². The zero-order chi connectivity index (χ0) is 20.3. The minimum Gasteiger partial charge on any atom is -0.504 e. The van der Waals surface area contributed by atoms with Crippen LogP contribution in [-0.4, -0.2) is 51.8 Å². The number of amides is 2. The number of benzene rings is 1. The molecule has 2 rings (SSSR count). The van der Waals surface area contributed by atoms with Crippen molar-refractivity contribution < 1.29 is 33.9 Å². The summed E-state index contributed by atoms with van der Waals surface area (Å²) in [7, 11) is 1.13. The molecule has 10 nitrogen and oxygen atoms in total. The first kappa shape index (κ1) is 20.2. The molecule has 0 spiro atoms. The second kappa shape index (κ2) is 8.08. The number of non-ortho nitro benzene ring substituents is 1. The quantitative estimate of drug-likeness (QED) is 0.332. The fourth-order valence-corrected chi connectivity index (χ4v) is 3.23. The van der Waals surface area contributed by atoms with Gasteiger partial charge in [-0.15, -0.1) is 0 Å². The van der Waals surface area contributed by atoms with Gasteiger partial charge in [0, 0.05) is 11.6 Å². The number of thioether (sulfide) groups is 1. The third-order valence-electron chi connectivity index (χ3n) is 3.64. The summed E-state index contributed by atoms with van der Waals surface area (Å²) in [6, 6.07) is 0.975. The molecule has 1 saturated heterocycles. The third-order valence-corrected chi connectivity index (χ3v) is 4.52. The fraction of sp³-hybridized carbons (Fsp3) is 0.312. The second-order valence-corrected chi connectivity index (χ2v) is 6.32. The van der Waals surface area contributed by atoms with Crippen molar-refractivity contribution in [3.63, 3.8) is 0 Å². The molecular formula is C16H16N2O8S. The number of hydrogen-bond acceptors (Lipinski definition) is 9. The van der Waals surface area contributed by atoms with Gasteiger partial charge in [0.25, 0.3) is 16.8 Å². The first-order chi connectivity index (χ1) is 12.7. The Balaban J connectivity index is 2.47. The summed E-state index contributed by atoms with van der Waals surface area (Å²) >= 11 is 0.544. The van der Waals surface area contributed by atoms with E-state index in [1.54, 1.807) is 6.92 Å². The van der Waals surface area contributed by atoms with E-state index in [9.17, 15) is 29.6 Å². The van der Waals surface area contributed by atoms with Gasteiger partial charge in [-0.05, 0) is 31.7 Å². The molecule has 0 saturated carbocycles. The van der Waals surface area contributed by atoms with Gasteiger partial charge in [0.2, 0.25) is 0 Å². The summed E-state index contributed by atoms with van der Waals surface area (Å²) in [4.78, 5) is 47.2. The van der Waals surface area contributed by atoms with E-state index in [-0.39, 0.29) is 28.5 Å². The number of esters is 1. The number of nitrogens with zero attached hydrogens (tertiary/aromatic N) is 2. The standard InChI is InChI=1S/C16H16N2O8S/c1-4-26-11-7-10(18(23)24)5-9(13(11)19)6-12-14(20)17(16(22)27-12)8(2)15(21)25-3/h5-8,19H,4H2,1-3H3/b12-6+/t8-/m0/s1. The largest absolute Gasteiger partial charge is 0.504 e. The molecule has 1 aromatic carbocycles. The van der Waals surface area contributed by atoms with Gasteiger partial charge < -0.3 is 14.6 Å². The third kappa shape index (κ3) is 4.03. The van der Waals surface area contributed by atoms with Crippen molar-refractivity contribution in [1.82, 2.24) is 4.90 Å². The number of phenolic OH excluding ortho intramolecular Hbond substituents is 1. The predicted octanol–water partition coefficient (Wildman–Crippen LogP) is 2.30. The Morgan fingerprint density at radius 2 is 2.11 bits per heavy atom. The molecule has 1 aliphatic heterocycles. The van der Waals surface area contributed by atoms with E-state index in [4.69, 9.17) is 4.74 Å². The minimum absolute atomic E-state index is 0.0659. The van der Waals surface area contributed by atoms with Crippen LogP contribution >= 0.6 is 11.8 Å². The zero-order valence-corrected chi connectivity index (χ0v) is 15.4. The maximum Gasteiger partial charge on any atom is 0.328 e. The summed E-state index contributed by atoms with van der Waals surface area (Å²) in [6.45, 7) is 3.13. The molecule has 144 valence electrons. The Morgan fingerprint density at radius 1 is 1.44 bits per heavy atom. The van der Waals surface area contributed by atoms with Crippen LogP contribution in [0.3, 0.4) is 0 Å². The number of imide groups is 1. The van der Waals surface area contributed by atoms with Crippen molar-refractivity contribution in [2.24, 2.45) is 0 Å². The molecule has 0 aromatic heterocycles. The van der Waals surface area contributed by atoms with Crippen LogP contribution in [0.1, 0.15) is 19.4 Å². The van der Waals surface area contributed by atoms with Crippen LogP contribution in [0, 0.1) is 10.1 Å². The van der Waals surface area contributed by atoms with Crippen molar-refractivity contribution in [1.29, 1.82) is 0 Å². The number of aromatic hydroxyl groups is 1. The molecule has 1 heterocycles. The van der Waals surface area contributed by atoms with Gasteiger partial charge in [-0.3, -0.25) is 24.6 Å². The average molecular weight is 396 g/mol. The normalized spacial score (nSPS) is 16.6. The van der Waals surface area contributed by atoms with E-state index in [2.05, 4.69) is 4.74 Å². The summed E-state index contributed by atoms with van der Waals surface area (Å²) in [5.41, 5.74) is -0.423. The van der Waals surface area contributed by atoms with Crippen molar-refractivity contribution in [3.8, 4) is 11.5 Å². The Bertz CT molecular complexity index is 851. The summed E-state index contributed by atoms with van der Waals surface area (Å²) < 4.78 is 9.71. The highest BCUT2D eigenvalue weighted by Crippen LogP contribution is 2.39.